The Balaban J connectivity index is 1.97. The molecular weight excluding hydrogens is 354 g/mol. The molecule has 0 spiro atoms. The lowest BCUT2D eigenvalue weighted by Crippen LogP contribution is -2.56. The highest BCUT2D eigenvalue weighted by Crippen LogP contribution is 2.28. The smallest absolute Gasteiger partial charge is 0.347 e. The zero-order valence-corrected chi connectivity index (χ0v) is 14.8. The van der Waals surface area contributed by atoms with Crippen molar-refractivity contribution >= 4 is 11.6 Å². The van der Waals surface area contributed by atoms with Crippen molar-refractivity contribution in [1.29, 1.82) is 0 Å². The van der Waals surface area contributed by atoms with Crippen LogP contribution in [0.15, 0.2) is 53.5 Å². The summed E-state index contributed by atoms with van der Waals surface area (Å²) >= 11 is 5.86. The van der Waals surface area contributed by atoms with Crippen molar-refractivity contribution in [2.75, 3.05) is 0 Å². The number of aromatic nitrogens is 3. The first-order valence-electron chi connectivity index (χ1n) is 8.28. The summed E-state index contributed by atoms with van der Waals surface area (Å²) in [5.41, 5.74) is 1.09. The number of hydrogen-bond donors (Lipinski definition) is 0. The fourth-order valence-electron chi connectivity index (χ4n) is 3.29. The highest BCUT2D eigenvalue weighted by Gasteiger charge is 2.37. The zero-order valence-electron chi connectivity index (χ0n) is 14.1. The maximum Gasteiger partial charge on any atom is 0.347 e. The summed E-state index contributed by atoms with van der Waals surface area (Å²) in [6.45, 7) is 2.50. The standard InChI is InChI=1S/C19H16ClN3O3/c1-2-22-15-11-26-19(13-8-9-14(20)21-10-13)23(15)18(25)16(17(22)24)12-6-4-3-5-7-12/h3-10,19H,2,11H2,1H3. The van der Waals surface area contributed by atoms with Gasteiger partial charge in [-0.1, -0.05) is 41.9 Å². The second kappa shape index (κ2) is 6.55. The second-order valence-corrected chi connectivity index (χ2v) is 6.35. The molecule has 1 aliphatic rings. The normalized spacial score (nSPS) is 15.8. The molecule has 0 aliphatic carbocycles. The van der Waals surface area contributed by atoms with Crippen molar-refractivity contribution in [2.45, 2.75) is 26.3 Å². The van der Waals surface area contributed by atoms with Crippen LogP contribution in [0, 0.1) is 0 Å². The first kappa shape index (κ1) is 16.8. The molecule has 3 aromatic rings. The first-order valence-corrected chi connectivity index (χ1v) is 8.66. The van der Waals surface area contributed by atoms with Crippen LogP contribution in [0.25, 0.3) is 11.1 Å². The maximum absolute atomic E-state index is 13.2. The Hall–Kier alpha value is -2.70. The number of benzene rings is 1. The van der Waals surface area contributed by atoms with Crippen LogP contribution in [0.4, 0.5) is 0 Å². The van der Waals surface area contributed by atoms with Gasteiger partial charge in [0, 0.05) is 11.8 Å². The average molecular weight is 370 g/mol. The molecule has 4 rings (SSSR count). The van der Waals surface area contributed by atoms with Crippen LogP contribution < -0.4 is 15.2 Å². The largest absolute Gasteiger partial charge is 0.842 e. The summed E-state index contributed by atoms with van der Waals surface area (Å²) in [6.07, 6.45) is 0.945. The first-order chi connectivity index (χ1) is 12.6. The minimum Gasteiger partial charge on any atom is -0.842 e. The Morgan fingerprint density at radius 3 is 2.73 bits per heavy atom. The molecule has 26 heavy (non-hydrogen) atoms. The molecular formula is C19H16ClN3O3. The Labute approximate surface area is 154 Å². The van der Waals surface area contributed by atoms with Gasteiger partial charge in [0.1, 0.15) is 10.7 Å². The van der Waals surface area contributed by atoms with Gasteiger partial charge in [-0.2, -0.15) is 4.57 Å². The molecule has 0 fully saturated rings. The van der Waals surface area contributed by atoms with Crippen LogP contribution in [0.3, 0.4) is 0 Å². The lowest BCUT2D eigenvalue weighted by atomic mass is 10.1. The van der Waals surface area contributed by atoms with Crippen molar-refractivity contribution in [2.24, 2.45) is 0 Å². The number of pyridine rings is 1. The summed E-state index contributed by atoms with van der Waals surface area (Å²) < 4.78 is 8.97. The van der Waals surface area contributed by atoms with E-state index >= 15 is 0 Å². The maximum atomic E-state index is 13.2. The fourth-order valence-corrected chi connectivity index (χ4v) is 3.40. The fraction of sp³-hybridized carbons (Fsp3) is 0.211. The van der Waals surface area contributed by atoms with Crippen molar-refractivity contribution in [3.05, 3.63) is 75.6 Å². The third kappa shape index (κ3) is 2.58. The minimum absolute atomic E-state index is 0.147. The lowest BCUT2D eigenvalue weighted by Gasteiger charge is -2.18. The molecule has 2 aromatic heterocycles. The van der Waals surface area contributed by atoms with E-state index in [0.717, 1.165) is 0 Å². The Morgan fingerprint density at radius 1 is 1.31 bits per heavy atom. The quantitative estimate of drug-likeness (QED) is 0.523. The van der Waals surface area contributed by atoms with E-state index in [1.54, 1.807) is 47.2 Å². The number of fused-ring (bicyclic) bond motifs is 1. The Bertz CT molecular complexity index is 1020. The summed E-state index contributed by atoms with van der Waals surface area (Å²) in [5, 5.41) is 13.3. The molecule has 3 heterocycles. The SMILES string of the molecule is CCn1c([O-])c(-c2ccccc2)c(=O)[n+]2c1COC2c1ccc(Cl)nc1. The second-order valence-electron chi connectivity index (χ2n) is 5.96. The van der Waals surface area contributed by atoms with Gasteiger partial charge >= 0.3 is 5.56 Å². The molecule has 0 saturated heterocycles. The monoisotopic (exact) mass is 369 g/mol. The van der Waals surface area contributed by atoms with E-state index in [2.05, 4.69) is 4.98 Å². The van der Waals surface area contributed by atoms with Gasteiger partial charge in [-0.05, 0) is 24.6 Å². The minimum atomic E-state index is -0.636. The van der Waals surface area contributed by atoms with Crippen molar-refractivity contribution in [1.82, 2.24) is 9.55 Å². The van der Waals surface area contributed by atoms with E-state index in [9.17, 15) is 9.90 Å². The van der Waals surface area contributed by atoms with Gasteiger partial charge in [0.2, 0.25) is 6.23 Å². The highest BCUT2D eigenvalue weighted by atomic mass is 35.5. The molecule has 1 aliphatic heterocycles. The van der Waals surface area contributed by atoms with Crippen LogP contribution in [-0.4, -0.2) is 9.55 Å². The summed E-state index contributed by atoms with van der Waals surface area (Å²) in [7, 11) is 0. The summed E-state index contributed by atoms with van der Waals surface area (Å²) in [6, 6.07) is 12.4. The number of rotatable bonds is 3. The van der Waals surface area contributed by atoms with Crippen molar-refractivity contribution < 1.29 is 14.4 Å². The van der Waals surface area contributed by atoms with Crippen LogP contribution in [0.1, 0.15) is 24.5 Å². The van der Waals surface area contributed by atoms with Crippen molar-refractivity contribution in [3.8, 4) is 17.0 Å². The van der Waals surface area contributed by atoms with Gasteiger partial charge in [-0.15, -0.1) is 0 Å². The van der Waals surface area contributed by atoms with E-state index in [0.29, 0.717) is 28.6 Å². The molecule has 1 aromatic carbocycles. The van der Waals surface area contributed by atoms with Crippen LogP contribution in [0.5, 0.6) is 5.88 Å². The molecule has 132 valence electrons. The molecule has 0 amide bonds. The van der Waals surface area contributed by atoms with E-state index in [4.69, 9.17) is 16.3 Å². The zero-order chi connectivity index (χ0) is 18.3. The third-order valence-electron chi connectivity index (χ3n) is 4.50. The van der Waals surface area contributed by atoms with E-state index in [1.807, 2.05) is 13.0 Å². The van der Waals surface area contributed by atoms with Gasteiger partial charge in [0.25, 0.3) is 5.82 Å². The Morgan fingerprint density at radius 2 is 2.08 bits per heavy atom. The number of hydrogen-bond acceptors (Lipinski definition) is 4. The predicted molar refractivity (Wildman–Crippen MR) is 93.6 cm³/mol. The van der Waals surface area contributed by atoms with E-state index in [1.165, 1.54) is 4.57 Å². The molecule has 0 bridgehead atoms. The van der Waals surface area contributed by atoms with Crippen LogP contribution in [0.2, 0.25) is 5.15 Å². The molecule has 7 heteroatoms. The van der Waals surface area contributed by atoms with Gasteiger partial charge in [0.05, 0.1) is 12.4 Å². The topological polar surface area (TPSA) is 71.1 Å². The van der Waals surface area contributed by atoms with Crippen molar-refractivity contribution in [3.63, 3.8) is 0 Å². The average Bonchev–Trinajstić information content (AvgIpc) is 3.09. The van der Waals surface area contributed by atoms with E-state index in [-0.39, 0.29) is 23.6 Å². The van der Waals surface area contributed by atoms with Gasteiger partial charge in [0.15, 0.2) is 6.61 Å². The predicted octanol–water partition coefficient (Wildman–Crippen LogP) is 2.02. The van der Waals surface area contributed by atoms with Gasteiger partial charge in [-0.3, -0.25) is 0 Å². The molecule has 1 atom stereocenters. The van der Waals surface area contributed by atoms with Crippen LogP contribution in [-0.2, 0) is 17.9 Å². The number of halogens is 1. The summed E-state index contributed by atoms with van der Waals surface area (Å²) in [5.74, 6) is 0.260. The van der Waals surface area contributed by atoms with E-state index < -0.39 is 6.23 Å². The molecule has 0 saturated carbocycles. The number of ether oxygens (including phenoxy) is 1. The molecule has 1 unspecified atom stereocenters. The van der Waals surface area contributed by atoms with Gasteiger partial charge < -0.3 is 9.84 Å². The van der Waals surface area contributed by atoms with Crippen LogP contribution >= 0.6 is 11.6 Å². The third-order valence-corrected chi connectivity index (χ3v) is 4.72. The Kier molecular flexibility index (Phi) is 4.22. The molecule has 0 N–H and O–H groups in total. The lowest BCUT2D eigenvalue weighted by molar-refractivity contribution is -0.749. The van der Waals surface area contributed by atoms with Gasteiger partial charge in [-0.25, -0.2) is 14.3 Å². The highest BCUT2D eigenvalue weighted by molar-refractivity contribution is 6.29. The molecule has 0 radical (unpaired) electrons. The summed E-state index contributed by atoms with van der Waals surface area (Å²) in [4.78, 5) is 17.3. The number of nitrogens with zero attached hydrogens (tertiary/aromatic N) is 3. The molecule has 6 nitrogen and oxygen atoms in total.